The smallest absolute Gasteiger partial charge is 0.255 e. The van der Waals surface area contributed by atoms with Crippen LogP contribution in [0.25, 0.3) is 0 Å². The van der Waals surface area contributed by atoms with Gasteiger partial charge in [-0.05, 0) is 42.8 Å². The molecule has 1 aromatic heterocycles. The monoisotopic (exact) mass is 321 g/mol. The molecule has 0 unspecified atom stereocenters. The van der Waals surface area contributed by atoms with Crippen LogP contribution in [0.1, 0.15) is 29.4 Å². The largest absolute Gasteiger partial charge is 0.494 e. The van der Waals surface area contributed by atoms with Crippen LogP contribution in [0.15, 0.2) is 42.6 Å². The topological polar surface area (TPSA) is 77.2 Å². The Morgan fingerprint density at radius 3 is 2.64 bits per heavy atom. The highest BCUT2D eigenvalue weighted by molar-refractivity contribution is 6.04. The molecule has 1 heterocycles. The van der Waals surface area contributed by atoms with Gasteiger partial charge in [-0.25, -0.2) is 0 Å². The Labute approximate surface area is 136 Å². The number of carbonyl (C=O) groups excluding carboxylic acids is 1. The summed E-state index contributed by atoms with van der Waals surface area (Å²) in [6.07, 6.45) is 2.54. The van der Waals surface area contributed by atoms with Gasteiger partial charge < -0.3 is 15.8 Å². The van der Waals surface area contributed by atoms with Gasteiger partial charge in [-0.15, -0.1) is 12.4 Å². The van der Waals surface area contributed by atoms with Gasteiger partial charge in [0.25, 0.3) is 5.91 Å². The molecule has 118 valence electrons. The Morgan fingerprint density at radius 1 is 1.27 bits per heavy atom. The SMILES string of the molecule is CCCOc1ccc(NC(=O)c2ccnc(CN)c2)cc1.Cl. The summed E-state index contributed by atoms with van der Waals surface area (Å²) in [5.74, 6) is 0.610. The van der Waals surface area contributed by atoms with E-state index in [2.05, 4.69) is 17.2 Å². The number of benzene rings is 1. The number of rotatable bonds is 6. The molecule has 6 heteroatoms. The Bertz CT molecular complexity index is 603. The normalized spacial score (nSPS) is 9.73. The molecule has 0 bridgehead atoms. The molecule has 0 aliphatic heterocycles. The first-order valence-electron chi connectivity index (χ1n) is 6.92. The number of halogens is 1. The number of nitrogens with one attached hydrogen (secondary N) is 1. The van der Waals surface area contributed by atoms with Crippen molar-refractivity contribution in [2.24, 2.45) is 5.73 Å². The maximum Gasteiger partial charge on any atom is 0.255 e. The summed E-state index contributed by atoms with van der Waals surface area (Å²) in [6, 6.07) is 10.6. The van der Waals surface area contributed by atoms with Crippen LogP contribution in [0.2, 0.25) is 0 Å². The number of nitrogens with zero attached hydrogens (tertiary/aromatic N) is 1. The molecule has 0 saturated carbocycles. The standard InChI is InChI=1S/C16H19N3O2.ClH/c1-2-9-21-15-5-3-13(4-6-15)19-16(20)12-7-8-18-14(10-12)11-17;/h3-8,10H,2,9,11,17H2,1H3,(H,19,20);1H. The van der Waals surface area contributed by atoms with Gasteiger partial charge in [-0.2, -0.15) is 0 Å². The molecule has 0 spiro atoms. The van der Waals surface area contributed by atoms with Gasteiger partial charge in [0.05, 0.1) is 12.3 Å². The summed E-state index contributed by atoms with van der Waals surface area (Å²) >= 11 is 0. The van der Waals surface area contributed by atoms with Crippen molar-refractivity contribution in [3.05, 3.63) is 53.9 Å². The van der Waals surface area contributed by atoms with Crippen LogP contribution in [-0.4, -0.2) is 17.5 Å². The fourth-order valence-electron chi connectivity index (χ4n) is 1.79. The average Bonchev–Trinajstić information content (AvgIpc) is 2.54. The van der Waals surface area contributed by atoms with E-state index in [-0.39, 0.29) is 18.3 Å². The van der Waals surface area contributed by atoms with Gasteiger partial charge in [0.15, 0.2) is 0 Å². The van der Waals surface area contributed by atoms with E-state index in [4.69, 9.17) is 10.5 Å². The van der Waals surface area contributed by atoms with E-state index in [1.54, 1.807) is 18.3 Å². The number of hydrogen-bond donors (Lipinski definition) is 2. The number of aromatic nitrogens is 1. The summed E-state index contributed by atoms with van der Waals surface area (Å²) in [6.45, 7) is 3.05. The summed E-state index contributed by atoms with van der Waals surface area (Å²) in [5.41, 5.74) is 7.46. The molecular weight excluding hydrogens is 302 g/mol. The van der Waals surface area contributed by atoms with Crippen LogP contribution in [-0.2, 0) is 6.54 Å². The summed E-state index contributed by atoms with van der Waals surface area (Å²) in [4.78, 5) is 16.2. The van der Waals surface area contributed by atoms with Crippen molar-refractivity contribution in [3.63, 3.8) is 0 Å². The highest BCUT2D eigenvalue weighted by Gasteiger charge is 2.07. The number of hydrogen-bond acceptors (Lipinski definition) is 4. The van der Waals surface area contributed by atoms with E-state index in [1.165, 1.54) is 0 Å². The van der Waals surface area contributed by atoms with Crippen molar-refractivity contribution in [2.75, 3.05) is 11.9 Å². The van der Waals surface area contributed by atoms with Crippen LogP contribution in [0, 0.1) is 0 Å². The third-order valence-electron chi connectivity index (χ3n) is 2.87. The van der Waals surface area contributed by atoms with Gasteiger partial charge in [-0.3, -0.25) is 9.78 Å². The number of carbonyl (C=O) groups is 1. The quantitative estimate of drug-likeness (QED) is 0.857. The predicted molar refractivity (Wildman–Crippen MR) is 89.6 cm³/mol. The van der Waals surface area contributed by atoms with Crippen molar-refractivity contribution in [2.45, 2.75) is 19.9 Å². The van der Waals surface area contributed by atoms with E-state index in [9.17, 15) is 4.79 Å². The number of ether oxygens (including phenoxy) is 1. The van der Waals surface area contributed by atoms with Crippen LogP contribution in [0.5, 0.6) is 5.75 Å². The summed E-state index contributed by atoms with van der Waals surface area (Å²) < 4.78 is 5.50. The van der Waals surface area contributed by atoms with Gasteiger partial charge in [0.1, 0.15) is 5.75 Å². The van der Waals surface area contributed by atoms with Crippen LogP contribution in [0.3, 0.4) is 0 Å². The van der Waals surface area contributed by atoms with Gasteiger partial charge in [0.2, 0.25) is 0 Å². The Morgan fingerprint density at radius 2 is 2.00 bits per heavy atom. The minimum absolute atomic E-state index is 0. The highest BCUT2D eigenvalue weighted by atomic mass is 35.5. The molecule has 22 heavy (non-hydrogen) atoms. The first-order chi connectivity index (χ1) is 10.2. The van der Waals surface area contributed by atoms with Crippen molar-refractivity contribution >= 4 is 24.0 Å². The third kappa shape index (κ3) is 5.02. The molecular formula is C16H20ClN3O2. The van der Waals surface area contributed by atoms with E-state index in [0.717, 1.165) is 17.9 Å². The molecule has 0 radical (unpaired) electrons. The summed E-state index contributed by atoms with van der Waals surface area (Å²) in [5, 5.41) is 2.83. The van der Waals surface area contributed by atoms with Gasteiger partial charge in [-0.1, -0.05) is 6.92 Å². The predicted octanol–water partition coefficient (Wildman–Crippen LogP) is 3.00. The Balaban J connectivity index is 0.00000242. The molecule has 1 aromatic carbocycles. The lowest BCUT2D eigenvalue weighted by atomic mass is 10.2. The van der Waals surface area contributed by atoms with Gasteiger partial charge >= 0.3 is 0 Å². The second-order valence-electron chi connectivity index (χ2n) is 4.57. The first kappa shape index (κ1) is 17.9. The zero-order valence-corrected chi connectivity index (χ0v) is 13.2. The van der Waals surface area contributed by atoms with E-state index in [0.29, 0.717) is 24.4 Å². The van der Waals surface area contributed by atoms with E-state index in [1.807, 2.05) is 24.3 Å². The molecule has 0 saturated heterocycles. The number of anilines is 1. The van der Waals surface area contributed by atoms with Crippen molar-refractivity contribution in [1.82, 2.24) is 4.98 Å². The Hall–Kier alpha value is -2.11. The minimum Gasteiger partial charge on any atom is -0.494 e. The number of amides is 1. The molecule has 5 nitrogen and oxygen atoms in total. The minimum atomic E-state index is -0.186. The number of pyridine rings is 1. The molecule has 1 amide bonds. The zero-order valence-electron chi connectivity index (χ0n) is 12.4. The second kappa shape index (κ2) is 9.02. The van der Waals surface area contributed by atoms with Crippen LogP contribution in [0.4, 0.5) is 5.69 Å². The van der Waals surface area contributed by atoms with Crippen molar-refractivity contribution in [3.8, 4) is 5.75 Å². The number of nitrogens with two attached hydrogens (primary N) is 1. The lowest BCUT2D eigenvalue weighted by Crippen LogP contribution is -2.13. The lowest BCUT2D eigenvalue weighted by molar-refractivity contribution is 0.102. The van der Waals surface area contributed by atoms with Crippen LogP contribution >= 0.6 is 12.4 Å². The van der Waals surface area contributed by atoms with Crippen LogP contribution < -0.4 is 15.8 Å². The van der Waals surface area contributed by atoms with E-state index < -0.39 is 0 Å². The molecule has 0 fully saturated rings. The Kier molecular flexibility index (Phi) is 7.36. The third-order valence-corrected chi connectivity index (χ3v) is 2.87. The molecule has 2 rings (SSSR count). The molecule has 0 aliphatic rings. The highest BCUT2D eigenvalue weighted by Crippen LogP contribution is 2.16. The first-order valence-corrected chi connectivity index (χ1v) is 6.92. The maximum absolute atomic E-state index is 12.1. The molecule has 2 aromatic rings. The fraction of sp³-hybridized carbons (Fsp3) is 0.250. The molecule has 0 atom stereocenters. The fourth-order valence-corrected chi connectivity index (χ4v) is 1.79. The van der Waals surface area contributed by atoms with Crippen molar-refractivity contribution < 1.29 is 9.53 Å². The lowest BCUT2D eigenvalue weighted by Gasteiger charge is -2.08. The molecule has 0 aliphatic carbocycles. The summed E-state index contributed by atoms with van der Waals surface area (Å²) in [7, 11) is 0. The zero-order chi connectivity index (χ0) is 15.1. The second-order valence-corrected chi connectivity index (χ2v) is 4.57. The average molecular weight is 322 g/mol. The maximum atomic E-state index is 12.1. The van der Waals surface area contributed by atoms with Gasteiger partial charge in [0, 0.05) is 24.0 Å². The molecule has 3 N–H and O–H groups in total. The van der Waals surface area contributed by atoms with Crippen molar-refractivity contribution in [1.29, 1.82) is 0 Å². The van der Waals surface area contributed by atoms with E-state index >= 15 is 0 Å².